The topological polar surface area (TPSA) is 116 Å². The number of carbonyl (C=O) groups excluding carboxylic acids is 2. The number of aromatic nitrogens is 3. The van der Waals surface area contributed by atoms with Gasteiger partial charge in [0.2, 0.25) is 11.8 Å². The zero-order chi connectivity index (χ0) is 20.8. The lowest BCUT2D eigenvalue weighted by Gasteiger charge is -2.13. The number of aryl methyl sites for hydroxylation is 1. The Labute approximate surface area is 176 Å². The molecule has 0 spiro atoms. The van der Waals surface area contributed by atoms with Crippen LogP contribution in [0, 0.1) is 0 Å². The number of hydrogen-bond donors (Lipinski definition) is 2. The lowest BCUT2D eigenvalue weighted by molar-refractivity contribution is -0.118. The van der Waals surface area contributed by atoms with Crippen molar-refractivity contribution in [1.29, 1.82) is 0 Å². The summed E-state index contributed by atoms with van der Waals surface area (Å²) in [5.41, 5.74) is 5.87. The average Bonchev–Trinajstić information content (AvgIpc) is 3.31. The normalized spacial score (nSPS) is 11.9. The van der Waals surface area contributed by atoms with E-state index in [0.717, 1.165) is 0 Å². The molecule has 0 saturated carbocycles. The van der Waals surface area contributed by atoms with Gasteiger partial charge in [-0.2, -0.15) is 0 Å². The maximum absolute atomic E-state index is 12.6. The molecule has 0 aliphatic rings. The van der Waals surface area contributed by atoms with E-state index in [-0.39, 0.29) is 12.3 Å². The van der Waals surface area contributed by atoms with Crippen molar-refractivity contribution in [2.24, 2.45) is 5.73 Å². The van der Waals surface area contributed by atoms with Gasteiger partial charge in [-0.3, -0.25) is 14.2 Å². The molecule has 3 rings (SSSR count). The molecular weight excluding hydrogens is 414 g/mol. The standard InChI is InChI=1S/C19H20ClN5O3S/c1-12(18(27)22-14-5-2-4-13(20)10-14)29-19-24-23-17(8-7-16(21)26)25(19)11-15-6-3-9-28-15/h2-6,9-10,12H,7-8,11H2,1H3,(H2,21,26)(H,22,27). The number of nitrogens with zero attached hydrogens (tertiary/aromatic N) is 3. The van der Waals surface area contributed by atoms with Crippen LogP contribution < -0.4 is 11.1 Å². The Kier molecular flexibility index (Phi) is 6.95. The van der Waals surface area contributed by atoms with E-state index in [1.165, 1.54) is 11.8 Å². The minimum absolute atomic E-state index is 0.158. The predicted molar refractivity (Wildman–Crippen MR) is 111 cm³/mol. The van der Waals surface area contributed by atoms with Crippen LogP contribution in [0.1, 0.15) is 24.9 Å². The van der Waals surface area contributed by atoms with Gasteiger partial charge >= 0.3 is 0 Å². The predicted octanol–water partition coefficient (Wildman–Crippen LogP) is 3.11. The number of rotatable bonds is 9. The van der Waals surface area contributed by atoms with Gasteiger partial charge in [0.05, 0.1) is 18.1 Å². The van der Waals surface area contributed by atoms with Crippen LogP contribution in [0.15, 0.2) is 52.2 Å². The summed E-state index contributed by atoms with van der Waals surface area (Å²) < 4.78 is 7.24. The van der Waals surface area contributed by atoms with E-state index < -0.39 is 11.2 Å². The van der Waals surface area contributed by atoms with Gasteiger partial charge in [-0.05, 0) is 37.3 Å². The Balaban J connectivity index is 1.74. The van der Waals surface area contributed by atoms with E-state index in [2.05, 4.69) is 15.5 Å². The number of hydrogen-bond acceptors (Lipinski definition) is 6. The van der Waals surface area contributed by atoms with Crippen molar-refractivity contribution in [2.75, 3.05) is 5.32 Å². The van der Waals surface area contributed by atoms with Crippen LogP contribution in [0.4, 0.5) is 5.69 Å². The maximum atomic E-state index is 12.6. The molecule has 3 aromatic rings. The average molecular weight is 434 g/mol. The fourth-order valence-corrected chi connectivity index (χ4v) is 3.62. The summed E-state index contributed by atoms with van der Waals surface area (Å²) in [6.45, 7) is 2.17. The van der Waals surface area contributed by atoms with Crippen LogP contribution in [0.3, 0.4) is 0 Å². The molecule has 29 heavy (non-hydrogen) atoms. The van der Waals surface area contributed by atoms with Crippen molar-refractivity contribution in [3.05, 3.63) is 59.3 Å². The first-order valence-corrected chi connectivity index (χ1v) is 10.1. The molecule has 3 N–H and O–H groups in total. The minimum Gasteiger partial charge on any atom is -0.467 e. The number of nitrogens with two attached hydrogens (primary N) is 1. The number of amides is 2. The fourth-order valence-electron chi connectivity index (χ4n) is 2.57. The summed E-state index contributed by atoms with van der Waals surface area (Å²) >= 11 is 7.23. The van der Waals surface area contributed by atoms with Crippen molar-refractivity contribution >= 4 is 40.9 Å². The number of anilines is 1. The zero-order valence-corrected chi connectivity index (χ0v) is 17.2. The third-order valence-electron chi connectivity index (χ3n) is 4.03. The van der Waals surface area contributed by atoms with E-state index in [9.17, 15) is 9.59 Å². The second-order valence-electron chi connectivity index (χ2n) is 6.29. The van der Waals surface area contributed by atoms with Crippen molar-refractivity contribution < 1.29 is 14.0 Å². The number of nitrogens with one attached hydrogen (secondary N) is 1. The van der Waals surface area contributed by atoms with Crippen LogP contribution in [0.2, 0.25) is 5.02 Å². The molecule has 0 radical (unpaired) electrons. The van der Waals surface area contributed by atoms with Crippen LogP contribution in [-0.2, 0) is 22.6 Å². The number of halogens is 1. The van der Waals surface area contributed by atoms with E-state index in [1.54, 1.807) is 43.5 Å². The molecule has 10 heteroatoms. The van der Waals surface area contributed by atoms with Gasteiger partial charge in [-0.25, -0.2) is 0 Å². The van der Waals surface area contributed by atoms with E-state index in [4.69, 9.17) is 21.8 Å². The summed E-state index contributed by atoms with van der Waals surface area (Å²) in [7, 11) is 0. The van der Waals surface area contributed by atoms with Crippen molar-refractivity contribution in [2.45, 2.75) is 36.7 Å². The van der Waals surface area contributed by atoms with Gasteiger partial charge in [-0.15, -0.1) is 10.2 Å². The first kappa shape index (κ1) is 20.9. The highest BCUT2D eigenvalue weighted by molar-refractivity contribution is 8.00. The SMILES string of the molecule is CC(Sc1nnc(CCC(N)=O)n1Cc1ccco1)C(=O)Nc1cccc(Cl)c1. The zero-order valence-electron chi connectivity index (χ0n) is 15.7. The molecule has 2 heterocycles. The molecule has 152 valence electrons. The molecule has 2 aromatic heterocycles. The van der Waals surface area contributed by atoms with Gasteiger partial charge in [0.1, 0.15) is 11.6 Å². The van der Waals surface area contributed by atoms with Gasteiger partial charge in [-0.1, -0.05) is 29.4 Å². The van der Waals surface area contributed by atoms with Crippen LogP contribution in [-0.4, -0.2) is 31.8 Å². The molecule has 0 bridgehead atoms. The van der Waals surface area contributed by atoms with Gasteiger partial charge in [0.25, 0.3) is 0 Å². The molecule has 0 aliphatic carbocycles. The van der Waals surface area contributed by atoms with Crippen molar-refractivity contribution in [1.82, 2.24) is 14.8 Å². The highest BCUT2D eigenvalue weighted by Gasteiger charge is 2.21. The third-order valence-corrected chi connectivity index (χ3v) is 5.34. The van der Waals surface area contributed by atoms with Gasteiger partial charge in [0, 0.05) is 23.6 Å². The van der Waals surface area contributed by atoms with Gasteiger partial charge < -0.3 is 15.5 Å². The molecule has 0 fully saturated rings. The second-order valence-corrected chi connectivity index (χ2v) is 8.03. The molecule has 1 aromatic carbocycles. The molecule has 8 nitrogen and oxygen atoms in total. The van der Waals surface area contributed by atoms with Crippen LogP contribution >= 0.6 is 23.4 Å². The lowest BCUT2D eigenvalue weighted by atomic mass is 10.3. The van der Waals surface area contributed by atoms with Crippen LogP contribution in [0.25, 0.3) is 0 Å². The molecule has 0 aliphatic heterocycles. The largest absolute Gasteiger partial charge is 0.467 e. The smallest absolute Gasteiger partial charge is 0.237 e. The number of benzene rings is 1. The maximum Gasteiger partial charge on any atom is 0.237 e. The Morgan fingerprint density at radius 2 is 2.14 bits per heavy atom. The highest BCUT2D eigenvalue weighted by atomic mass is 35.5. The van der Waals surface area contributed by atoms with Gasteiger partial charge in [0.15, 0.2) is 5.16 Å². The highest BCUT2D eigenvalue weighted by Crippen LogP contribution is 2.25. The summed E-state index contributed by atoms with van der Waals surface area (Å²) in [6, 6.07) is 10.6. The first-order chi connectivity index (χ1) is 13.9. The third kappa shape index (κ3) is 5.85. The summed E-state index contributed by atoms with van der Waals surface area (Å²) in [6.07, 6.45) is 2.09. The minimum atomic E-state index is -0.447. The second kappa shape index (κ2) is 9.62. The Bertz CT molecular complexity index is 990. The monoisotopic (exact) mass is 433 g/mol. The Morgan fingerprint density at radius 1 is 1.31 bits per heavy atom. The number of furan rings is 1. The Hall–Kier alpha value is -2.78. The first-order valence-electron chi connectivity index (χ1n) is 8.88. The fraction of sp³-hybridized carbons (Fsp3) is 0.263. The molecular formula is C19H20ClN5O3S. The Morgan fingerprint density at radius 3 is 2.83 bits per heavy atom. The summed E-state index contributed by atoms with van der Waals surface area (Å²) in [4.78, 5) is 23.7. The summed E-state index contributed by atoms with van der Waals surface area (Å²) in [5.74, 6) is 0.706. The van der Waals surface area contributed by atoms with Crippen molar-refractivity contribution in [3.63, 3.8) is 0 Å². The molecule has 2 amide bonds. The number of primary amides is 1. The quantitative estimate of drug-likeness (QED) is 0.501. The van der Waals surface area contributed by atoms with E-state index >= 15 is 0 Å². The molecule has 1 unspecified atom stereocenters. The van der Waals surface area contributed by atoms with Crippen LogP contribution in [0.5, 0.6) is 0 Å². The van der Waals surface area contributed by atoms with E-state index in [0.29, 0.717) is 40.4 Å². The lowest BCUT2D eigenvalue weighted by Crippen LogP contribution is -2.23. The number of carbonyl (C=O) groups is 2. The summed E-state index contributed by atoms with van der Waals surface area (Å²) in [5, 5.41) is 11.8. The number of thioether (sulfide) groups is 1. The van der Waals surface area contributed by atoms with E-state index in [1.807, 2.05) is 10.6 Å². The van der Waals surface area contributed by atoms with Crippen molar-refractivity contribution in [3.8, 4) is 0 Å². The molecule has 1 atom stereocenters. The molecule has 0 saturated heterocycles.